The summed E-state index contributed by atoms with van der Waals surface area (Å²) in [5, 5.41) is 3.38. The van der Waals surface area contributed by atoms with Crippen LogP contribution in [0.2, 0.25) is 0 Å². The normalized spacial score (nSPS) is 10.6. The lowest BCUT2D eigenvalue weighted by Crippen LogP contribution is -2.28. The Labute approximate surface area is 166 Å². The zero-order valence-corrected chi connectivity index (χ0v) is 16.5. The largest absolute Gasteiger partial charge is 0.493 e. The van der Waals surface area contributed by atoms with E-state index in [1.165, 1.54) is 4.57 Å². The van der Waals surface area contributed by atoms with Gasteiger partial charge in [0, 0.05) is 25.1 Å². The lowest BCUT2D eigenvalue weighted by atomic mass is 10.2. The van der Waals surface area contributed by atoms with Crippen molar-refractivity contribution in [1.29, 1.82) is 0 Å². The first-order valence-corrected chi connectivity index (χ1v) is 9.14. The average molecular weight is 399 g/mol. The molecule has 0 saturated heterocycles. The van der Waals surface area contributed by atoms with E-state index in [4.69, 9.17) is 21.7 Å². The molecule has 8 heteroatoms. The topological polar surface area (TPSA) is 85.4 Å². The molecule has 1 aromatic heterocycles. The van der Waals surface area contributed by atoms with Crippen LogP contribution in [-0.4, -0.2) is 29.7 Å². The van der Waals surface area contributed by atoms with Crippen LogP contribution in [0.3, 0.4) is 0 Å². The minimum absolute atomic E-state index is 0.127. The molecule has 1 amide bonds. The Morgan fingerprint density at radius 2 is 1.93 bits per heavy atom. The number of hydrogen-bond donors (Lipinski definition) is 2. The van der Waals surface area contributed by atoms with Gasteiger partial charge in [0.05, 0.1) is 25.1 Å². The van der Waals surface area contributed by atoms with Crippen molar-refractivity contribution in [3.63, 3.8) is 0 Å². The highest BCUT2D eigenvalue weighted by Crippen LogP contribution is 2.30. The fraction of sp³-hybridized carbons (Fsp3) is 0.250. The molecule has 3 rings (SSSR count). The molecule has 2 aromatic carbocycles. The van der Waals surface area contributed by atoms with E-state index >= 15 is 0 Å². The number of carbonyl (C=O) groups is 1. The molecule has 146 valence electrons. The summed E-state index contributed by atoms with van der Waals surface area (Å²) in [6.07, 6.45) is 0.127. The van der Waals surface area contributed by atoms with Crippen LogP contribution in [0, 0.1) is 4.77 Å². The minimum atomic E-state index is -0.207. The Balaban J connectivity index is 1.68. The van der Waals surface area contributed by atoms with Gasteiger partial charge < -0.3 is 19.8 Å². The molecule has 1 heterocycles. The molecule has 0 fully saturated rings. The van der Waals surface area contributed by atoms with Crippen molar-refractivity contribution < 1.29 is 14.3 Å². The summed E-state index contributed by atoms with van der Waals surface area (Å²) in [5.41, 5.74) is 1.28. The second-order valence-corrected chi connectivity index (χ2v) is 6.50. The zero-order valence-electron chi connectivity index (χ0n) is 15.7. The van der Waals surface area contributed by atoms with Crippen LogP contribution in [0.15, 0.2) is 47.3 Å². The molecule has 0 aliphatic heterocycles. The highest BCUT2D eigenvalue weighted by atomic mass is 32.1. The van der Waals surface area contributed by atoms with Gasteiger partial charge in [-0.05, 0) is 30.4 Å². The van der Waals surface area contributed by atoms with Crippen LogP contribution in [-0.2, 0) is 17.9 Å². The van der Waals surface area contributed by atoms with Gasteiger partial charge in [0.25, 0.3) is 5.56 Å². The average Bonchev–Trinajstić information content (AvgIpc) is 2.71. The van der Waals surface area contributed by atoms with E-state index < -0.39 is 0 Å². The van der Waals surface area contributed by atoms with E-state index in [-0.39, 0.29) is 24.4 Å². The van der Waals surface area contributed by atoms with Crippen molar-refractivity contribution in [2.45, 2.75) is 19.5 Å². The molecule has 0 aliphatic carbocycles. The van der Waals surface area contributed by atoms with Crippen LogP contribution in [0.4, 0.5) is 0 Å². The number of methoxy groups -OCH3 is 2. The van der Waals surface area contributed by atoms with Crippen LogP contribution >= 0.6 is 12.2 Å². The molecular weight excluding hydrogens is 378 g/mol. The molecule has 3 aromatic rings. The Morgan fingerprint density at radius 1 is 1.14 bits per heavy atom. The third-order valence-corrected chi connectivity index (χ3v) is 4.73. The summed E-state index contributed by atoms with van der Waals surface area (Å²) < 4.78 is 12.3. The van der Waals surface area contributed by atoms with Crippen molar-refractivity contribution in [2.75, 3.05) is 14.2 Å². The molecule has 28 heavy (non-hydrogen) atoms. The van der Waals surface area contributed by atoms with Crippen LogP contribution in [0.25, 0.3) is 10.9 Å². The van der Waals surface area contributed by atoms with Crippen molar-refractivity contribution >= 4 is 29.0 Å². The number of H-pyrrole nitrogens is 1. The number of hydrogen-bond acceptors (Lipinski definition) is 5. The number of nitrogens with zero attached hydrogens (tertiary/aromatic N) is 1. The van der Waals surface area contributed by atoms with Crippen LogP contribution in [0.1, 0.15) is 12.0 Å². The van der Waals surface area contributed by atoms with Crippen molar-refractivity contribution in [2.24, 2.45) is 0 Å². The van der Waals surface area contributed by atoms with Gasteiger partial charge in [-0.3, -0.25) is 14.2 Å². The molecular formula is C20H21N3O4S. The van der Waals surface area contributed by atoms with E-state index in [9.17, 15) is 9.59 Å². The maximum atomic E-state index is 12.6. The van der Waals surface area contributed by atoms with Crippen LogP contribution < -0.4 is 20.3 Å². The molecule has 0 atom stereocenters. The van der Waals surface area contributed by atoms with Gasteiger partial charge in [-0.25, -0.2) is 0 Å². The molecule has 0 aliphatic rings. The lowest BCUT2D eigenvalue weighted by molar-refractivity contribution is -0.121. The Kier molecular flexibility index (Phi) is 6.10. The molecule has 2 N–H and O–H groups in total. The number of carbonyl (C=O) groups excluding carboxylic acids is 1. The van der Waals surface area contributed by atoms with Gasteiger partial charge in [0.2, 0.25) is 5.91 Å². The van der Waals surface area contributed by atoms with Crippen molar-refractivity contribution in [3.8, 4) is 11.5 Å². The zero-order chi connectivity index (χ0) is 20.1. The Bertz CT molecular complexity index is 1120. The maximum Gasteiger partial charge on any atom is 0.262 e. The first-order chi connectivity index (χ1) is 13.5. The van der Waals surface area contributed by atoms with Gasteiger partial charge in [-0.15, -0.1) is 0 Å². The van der Waals surface area contributed by atoms with E-state index in [1.807, 2.05) is 18.2 Å². The number of amides is 1. The number of fused-ring (bicyclic) bond motifs is 1. The molecule has 0 bridgehead atoms. The predicted octanol–water partition coefficient (Wildman–Crippen LogP) is 2.78. The van der Waals surface area contributed by atoms with E-state index in [0.717, 1.165) is 5.56 Å². The molecule has 0 saturated carbocycles. The quantitative estimate of drug-likeness (QED) is 0.597. The molecule has 0 spiro atoms. The second kappa shape index (κ2) is 8.71. The fourth-order valence-corrected chi connectivity index (χ4v) is 3.27. The number of rotatable bonds is 7. The lowest BCUT2D eigenvalue weighted by Gasteiger charge is -2.13. The van der Waals surface area contributed by atoms with Gasteiger partial charge >= 0.3 is 0 Å². The summed E-state index contributed by atoms with van der Waals surface area (Å²) in [7, 11) is 3.11. The highest BCUT2D eigenvalue weighted by molar-refractivity contribution is 7.71. The van der Waals surface area contributed by atoms with E-state index in [2.05, 4.69) is 10.3 Å². The third kappa shape index (κ3) is 4.07. The number of ether oxygens (including phenoxy) is 2. The number of nitrogens with one attached hydrogen (secondary N) is 2. The highest BCUT2D eigenvalue weighted by Gasteiger charge is 2.11. The first-order valence-electron chi connectivity index (χ1n) is 8.73. The van der Waals surface area contributed by atoms with Gasteiger partial charge in [0.15, 0.2) is 16.3 Å². The number of aromatic nitrogens is 2. The third-order valence-electron chi connectivity index (χ3n) is 4.41. The van der Waals surface area contributed by atoms with Gasteiger partial charge in [-0.1, -0.05) is 24.3 Å². The maximum absolute atomic E-state index is 12.6. The number of aromatic amines is 1. The summed E-state index contributed by atoms with van der Waals surface area (Å²) in [5.74, 6) is 0.987. The Hall–Kier alpha value is -3.13. The van der Waals surface area contributed by atoms with E-state index in [1.54, 1.807) is 38.5 Å². The fourth-order valence-electron chi connectivity index (χ4n) is 2.99. The molecule has 0 unspecified atom stereocenters. The second-order valence-electron chi connectivity index (χ2n) is 6.11. The smallest absolute Gasteiger partial charge is 0.262 e. The number of para-hydroxylation sites is 2. The summed E-state index contributed by atoms with van der Waals surface area (Å²) in [6.45, 7) is 0.485. The van der Waals surface area contributed by atoms with Gasteiger partial charge in [0.1, 0.15) is 0 Å². The predicted molar refractivity (Wildman–Crippen MR) is 109 cm³/mol. The monoisotopic (exact) mass is 399 g/mol. The summed E-state index contributed by atoms with van der Waals surface area (Å²) in [6, 6.07) is 12.6. The SMILES string of the molecule is COc1cccc(CNC(=O)CCn2c(=S)[nH]c3ccccc3c2=O)c1OC. The van der Waals surface area contributed by atoms with Crippen LogP contribution in [0.5, 0.6) is 11.5 Å². The standard InChI is InChI=1S/C20H21N3O4S/c1-26-16-9-5-6-13(18(16)27-2)12-21-17(24)10-11-23-19(25)14-7-3-4-8-15(14)22-20(23)28/h3-9H,10-12H2,1-2H3,(H,21,24)(H,22,28). The van der Waals surface area contributed by atoms with Crippen molar-refractivity contribution in [1.82, 2.24) is 14.9 Å². The summed E-state index contributed by atoms with van der Waals surface area (Å²) >= 11 is 5.27. The van der Waals surface area contributed by atoms with E-state index in [0.29, 0.717) is 33.7 Å². The van der Waals surface area contributed by atoms with Gasteiger partial charge in [-0.2, -0.15) is 0 Å². The molecule has 7 nitrogen and oxygen atoms in total. The number of benzene rings is 2. The van der Waals surface area contributed by atoms with Crippen molar-refractivity contribution in [3.05, 3.63) is 63.2 Å². The molecule has 0 radical (unpaired) electrons. The summed E-state index contributed by atoms with van der Waals surface area (Å²) in [4.78, 5) is 27.9. The minimum Gasteiger partial charge on any atom is -0.493 e. The Morgan fingerprint density at radius 3 is 2.68 bits per heavy atom. The first kappa shape index (κ1) is 19.6.